The summed E-state index contributed by atoms with van der Waals surface area (Å²) in [5, 5.41) is 16.9. The minimum absolute atomic E-state index is 0.0406. The van der Waals surface area contributed by atoms with Crippen LogP contribution < -0.4 is 0 Å². The van der Waals surface area contributed by atoms with Gasteiger partial charge in [-0.05, 0) is 30.3 Å². The minimum atomic E-state index is -4.62. The van der Waals surface area contributed by atoms with Gasteiger partial charge in [-0.25, -0.2) is 14.0 Å². The Hall–Kier alpha value is -2.61. The highest BCUT2D eigenvalue weighted by Gasteiger charge is 2.34. The molecular weight excluding hydrogens is 356 g/mol. The first-order valence-electron chi connectivity index (χ1n) is 6.12. The fourth-order valence-corrected chi connectivity index (χ4v) is 1.78. The van der Waals surface area contributed by atoms with Crippen molar-refractivity contribution in [3.8, 4) is 0 Å². The molecule has 2 aromatic carbocycles. The standard InChI is InChI=1S/C8H5F3O2.C7H4ClFO2/c9-8(10,11)6-4-2-1-3-5(6)7(12)13;8-6-2-1-4(9)3-5(6)7(10)11/h1-4H,(H,12,13);1-3H,(H,10,11). The third-order valence-corrected chi connectivity index (χ3v) is 2.95. The third-order valence-electron chi connectivity index (χ3n) is 2.62. The number of halogens is 5. The van der Waals surface area contributed by atoms with E-state index < -0.39 is 35.1 Å². The van der Waals surface area contributed by atoms with E-state index in [2.05, 4.69) is 0 Å². The Balaban J connectivity index is 0.000000243. The summed E-state index contributed by atoms with van der Waals surface area (Å²) in [4.78, 5) is 20.7. The van der Waals surface area contributed by atoms with E-state index in [1.165, 1.54) is 12.1 Å². The molecule has 0 atom stereocenters. The topological polar surface area (TPSA) is 74.6 Å². The first kappa shape index (κ1) is 19.4. The maximum absolute atomic E-state index is 12.4. The van der Waals surface area contributed by atoms with Crippen LogP contribution in [-0.4, -0.2) is 22.2 Å². The van der Waals surface area contributed by atoms with Crippen LogP contribution in [0.25, 0.3) is 0 Å². The molecule has 0 radical (unpaired) electrons. The number of aromatic carboxylic acids is 2. The normalized spacial score (nSPS) is 10.5. The van der Waals surface area contributed by atoms with Crippen molar-refractivity contribution in [1.29, 1.82) is 0 Å². The molecule has 0 aliphatic rings. The van der Waals surface area contributed by atoms with E-state index in [0.29, 0.717) is 0 Å². The summed E-state index contributed by atoms with van der Waals surface area (Å²) in [6.07, 6.45) is -4.62. The number of rotatable bonds is 2. The number of carboxylic acids is 2. The highest BCUT2D eigenvalue weighted by Crippen LogP contribution is 2.31. The van der Waals surface area contributed by atoms with Gasteiger partial charge in [0.1, 0.15) is 5.82 Å². The molecule has 0 aliphatic heterocycles. The van der Waals surface area contributed by atoms with Crippen molar-refractivity contribution in [1.82, 2.24) is 0 Å². The van der Waals surface area contributed by atoms with Crippen LogP contribution in [0.15, 0.2) is 42.5 Å². The van der Waals surface area contributed by atoms with Gasteiger partial charge in [0.2, 0.25) is 0 Å². The van der Waals surface area contributed by atoms with Crippen molar-refractivity contribution in [2.24, 2.45) is 0 Å². The Morgan fingerprint density at radius 3 is 1.88 bits per heavy atom. The smallest absolute Gasteiger partial charge is 0.417 e. The Bertz CT molecular complexity index is 759. The molecule has 0 saturated carbocycles. The molecule has 0 spiro atoms. The van der Waals surface area contributed by atoms with Crippen LogP contribution >= 0.6 is 11.6 Å². The summed E-state index contributed by atoms with van der Waals surface area (Å²) >= 11 is 5.44. The van der Waals surface area contributed by atoms with Gasteiger partial charge in [0.15, 0.2) is 0 Å². The lowest BCUT2D eigenvalue weighted by Crippen LogP contribution is -2.12. The number of benzene rings is 2. The highest BCUT2D eigenvalue weighted by molar-refractivity contribution is 6.33. The summed E-state index contributed by atoms with van der Waals surface area (Å²) in [5.74, 6) is -3.41. The van der Waals surface area contributed by atoms with Crippen LogP contribution in [0.3, 0.4) is 0 Å². The van der Waals surface area contributed by atoms with Crippen LogP contribution in [0.1, 0.15) is 26.3 Å². The van der Waals surface area contributed by atoms with Gasteiger partial charge in [0, 0.05) is 0 Å². The van der Waals surface area contributed by atoms with Crippen LogP contribution in [0.2, 0.25) is 5.02 Å². The number of hydrogen-bond acceptors (Lipinski definition) is 2. The van der Waals surface area contributed by atoms with Gasteiger partial charge in [0.25, 0.3) is 0 Å². The second-order valence-electron chi connectivity index (χ2n) is 4.28. The Morgan fingerprint density at radius 2 is 1.46 bits per heavy atom. The van der Waals surface area contributed by atoms with E-state index in [4.69, 9.17) is 21.8 Å². The zero-order valence-electron chi connectivity index (χ0n) is 11.6. The molecule has 2 aromatic rings. The molecule has 9 heteroatoms. The van der Waals surface area contributed by atoms with Gasteiger partial charge in [-0.1, -0.05) is 23.7 Å². The zero-order chi connectivity index (χ0) is 18.5. The number of carbonyl (C=O) groups is 2. The lowest BCUT2D eigenvalue weighted by Gasteiger charge is -2.08. The van der Waals surface area contributed by atoms with Gasteiger partial charge in [0.05, 0.1) is 21.7 Å². The molecule has 0 heterocycles. The van der Waals surface area contributed by atoms with Crippen LogP contribution in [0.5, 0.6) is 0 Å². The molecule has 4 nitrogen and oxygen atoms in total. The molecule has 0 bridgehead atoms. The van der Waals surface area contributed by atoms with Gasteiger partial charge in [-0.2, -0.15) is 13.2 Å². The fraction of sp³-hybridized carbons (Fsp3) is 0.0667. The number of alkyl halides is 3. The predicted octanol–water partition coefficient (Wildman–Crippen LogP) is 4.58. The summed E-state index contributed by atoms with van der Waals surface area (Å²) in [5.41, 5.74) is -2.07. The molecule has 0 unspecified atom stereocenters. The van der Waals surface area contributed by atoms with E-state index in [0.717, 1.165) is 30.3 Å². The minimum Gasteiger partial charge on any atom is -0.478 e. The molecule has 0 fully saturated rings. The van der Waals surface area contributed by atoms with Crippen molar-refractivity contribution < 1.29 is 37.4 Å². The molecule has 0 amide bonds. The summed E-state index contributed by atoms with van der Waals surface area (Å²) in [7, 11) is 0. The quantitative estimate of drug-likeness (QED) is 0.765. The molecule has 0 aromatic heterocycles. The van der Waals surface area contributed by atoms with E-state index in [9.17, 15) is 27.2 Å². The largest absolute Gasteiger partial charge is 0.478 e. The second kappa shape index (κ2) is 7.78. The van der Waals surface area contributed by atoms with E-state index in [-0.39, 0.29) is 10.6 Å². The van der Waals surface area contributed by atoms with Gasteiger partial charge in [-0.15, -0.1) is 0 Å². The Labute approximate surface area is 137 Å². The molecule has 2 N–H and O–H groups in total. The molecule has 2 rings (SSSR count). The van der Waals surface area contributed by atoms with Gasteiger partial charge < -0.3 is 10.2 Å². The first-order chi connectivity index (χ1) is 11.0. The molecule has 0 aliphatic carbocycles. The first-order valence-corrected chi connectivity index (χ1v) is 6.49. The maximum atomic E-state index is 12.4. The summed E-state index contributed by atoms with van der Waals surface area (Å²) in [6, 6.07) is 7.25. The van der Waals surface area contributed by atoms with E-state index in [1.807, 2.05) is 0 Å². The SMILES string of the molecule is O=C(O)c1cc(F)ccc1Cl.O=C(O)c1ccccc1C(F)(F)F. The van der Waals surface area contributed by atoms with Crippen molar-refractivity contribution in [2.75, 3.05) is 0 Å². The maximum Gasteiger partial charge on any atom is 0.417 e. The molecule has 0 saturated heterocycles. The summed E-state index contributed by atoms with van der Waals surface area (Å²) in [6.45, 7) is 0. The van der Waals surface area contributed by atoms with Crippen molar-refractivity contribution in [2.45, 2.75) is 6.18 Å². The average molecular weight is 365 g/mol. The number of carboxylic acid groups (broad SMARTS) is 2. The Kier molecular flexibility index (Phi) is 6.30. The van der Waals surface area contributed by atoms with Crippen molar-refractivity contribution in [3.63, 3.8) is 0 Å². The number of hydrogen-bond donors (Lipinski definition) is 2. The summed E-state index contributed by atoms with van der Waals surface area (Å²) < 4.78 is 48.8. The average Bonchev–Trinajstić information content (AvgIpc) is 2.49. The van der Waals surface area contributed by atoms with Crippen LogP contribution in [0.4, 0.5) is 17.6 Å². The highest BCUT2D eigenvalue weighted by atomic mass is 35.5. The molecule has 128 valence electrons. The lowest BCUT2D eigenvalue weighted by atomic mass is 10.1. The zero-order valence-corrected chi connectivity index (χ0v) is 12.4. The van der Waals surface area contributed by atoms with Gasteiger partial charge >= 0.3 is 18.1 Å². The van der Waals surface area contributed by atoms with Crippen molar-refractivity contribution in [3.05, 3.63) is 70.0 Å². The third kappa shape index (κ3) is 5.24. The predicted molar refractivity (Wildman–Crippen MR) is 76.8 cm³/mol. The van der Waals surface area contributed by atoms with Gasteiger partial charge in [-0.3, -0.25) is 0 Å². The van der Waals surface area contributed by atoms with Crippen LogP contribution in [0, 0.1) is 5.82 Å². The van der Waals surface area contributed by atoms with E-state index >= 15 is 0 Å². The second-order valence-corrected chi connectivity index (χ2v) is 4.69. The lowest BCUT2D eigenvalue weighted by molar-refractivity contribution is -0.138. The molecule has 24 heavy (non-hydrogen) atoms. The molecular formula is C15H9ClF4O4. The van der Waals surface area contributed by atoms with E-state index in [1.54, 1.807) is 0 Å². The van der Waals surface area contributed by atoms with Crippen molar-refractivity contribution >= 4 is 23.5 Å². The van der Waals surface area contributed by atoms with Crippen LogP contribution in [-0.2, 0) is 6.18 Å². The monoisotopic (exact) mass is 364 g/mol. The fourth-order valence-electron chi connectivity index (χ4n) is 1.58. The Morgan fingerprint density at radius 1 is 0.917 bits per heavy atom.